The molecule has 0 spiro atoms. The van der Waals surface area contributed by atoms with Crippen LogP contribution in [0.4, 0.5) is 0 Å². The van der Waals surface area contributed by atoms with Gasteiger partial charge in [0.15, 0.2) is 5.65 Å². The fraction of sp³-hybridized carbons (Fsp3) is 0.138. The van der Waals surface area contributed by atoms with E-state index in [1.54, 1.807) is 0 Å². The van der Waals surface area contributed by atoms with Gasteiger partial charge in [-0.05, 0) is 24.0 Å². The highest BCUT2D eigenvalue weighted by Crippen LogP contribution is 2.28. The summed E-state index contributed by atoms with van der Waals surface area (Å²) in [6.07, 6.45) is 3.99. The number of rotatable bonds is 7. The van der Waals surface area contributed by atoms with Gasteiger partial charge in [0.05, 0.1) is 11.4 Å². The number of hydrogen-bond donors (Lipinski definition) is 0. The molecule has 168 valence electrons. The van der Waals surface area contributed by atoms with Crippen LogP contribution in [-0.2, 0) is 24.1 Å². The predicted octanol–water partition coefficient (Wildman–Crippen LogP) is 5.70. The second kappa shape index (κ2) is 9.71. The number of carbonyl (C=O) groups is 1. The zero-order chi connectivity index (χ0) is 23.3. The van der Waals surface area contributed by atoms with Gasteiger partial charge >= 0.3 is 5.97 Å². The van der Waals surface area contributed by atoms with E-state index in [4.69, 9.17) is 14.7 Å². The van der Waals surface area contributed by atoms with E-state index in [9.17, 15) is 4.79 Å². The Balaban J connectivity index is 1.65. The third-order valence-corrected chi connectivity index (χ3v) is 5.72. The Morgan fingerprint density at radius 2 is 1.38 bits per heavy atom. The number of fused-ring (bicyclic) bond motifs is 1. The lowest BCUT2D eigenvalue weighted by Gasteiger charge is -2.10. The van der Waals surface area contributed by atoms with Crippen molar-refractivity contribution in [1.82, 2.24) is 14.4 Å². The second-order valence-electron chi connectivity index (χ2n) is 8.24. The fourth-order valence-corrected chi connectivity index (χ4v) is 4.10. The summed E-state index contributed by atoms with van der Waals surface area (Å²) >= 11 is 0. The Hall–Kier alpha value is -4.25. The maximum atomic E-state index is 12.0. The molecule has 2 heterocycles. The molecule has 0 unspecified atom stereocenters. The molecule has 0 atom stereocenters. The molecule has 0 saturated heterocycles. The van der Waals surface area contributed by atoms with Crippen LogP contribution in [0, 0.1) is 0 Å². The van der Waals surface area contributed by atoms with Crippen molar-refractivity contribution in [2.24, 2.45) is 0 Å². The molecule has 0 N–H and O–H groups in total. The molecule has 5 aromatic rings. The second-order valence-corrected chi connectivity index (χ2v) is 8.24. The van der Waals surface area contributed by atoms with Gasteiger partial charge in [-0.1, -0.05) is 91.0 Å². The largest absolute Gasteiger partial charge is 0.407 e. The Morgan fingerprint density at radius 3 is 2.03 bits per heavy atom. The van der Waals surface area contributed by atoms with Crippen LogP contribution >= 0.6 is 0 Å². The lowest BCUT2D eigenvalue weighted by molar-refractivity contribution is -0.132. The molecule has 5 heteroatoms. The van der Waals surface area contributed by atoms with Crippen LogP contribution in [0.25, 0.3) is 16.9 Å². The molecule has 0 fully saturated rings. The fourth-order valence-electron chi connectivity index (χ4n) is 4.10. The standard InChI is InChI=1S/C29H25N3O2/c1-21(33)34-29-25(18-17-22-11-5-2-6-12-22)31-28-26(19-23-13-7-3-8-14-23)30-27(20-32(28)29)24-15-9-4-10-16-24/h2-16,20H,17-19H2,1H3. The van der Waals surface area contributed by atoms with Crippen LogP contribution in [0.3, 0.4) is 0 Å². The van der Waals surface area contributed by atoms with E-state index in [2.05, 4.69) is 24.3 Å². The van der Waals surface area contributed by atoms with E-state index >= 15 is 0 Å². The van der Waals surface area contributed by atoms with Gasteiger partial charge in [-0.25, -0.2) is 9.97 Å². The number of benzene rings is 3. The Bertz CT molecular complexity index is 1410. The van der Waals surface area contributed by atoms with Crippen LogP contribution in [-0.4, -0.2) is 20.3 Å². The first-order chi connectivity index (χ1) is 16.7. The van der Waals surface area contributed by atoms with Crippen LogP contribution in [0.5, 0.6) is 5.88 Å². The van der Waals surface area contributed by atoms with Gasteiger partial charge in [0, 0.05) is 25.1 Å². The summed E-state index contributed by atoms with van der Waals surface area (Å²) in [7, 11) is 0. The number of nitrogens with zero attached hydrogens (tertiary/aromatic N) is 3. The lowest BCUT2D eigenvalue weighted by atomic mass is 10.1. The number of aromatic nitrogens is 3. The molecule has 2 aromatic heterocycles. The van der Waals surface area contributed by atoms with E-state index in [0.29, 0.717) is 24.4 Å². The van der Waals surface area contributed by atoms with Gasteiger partial charge in [0.2, 0.25) is 5.88 Å². The highest BCUT2D eigenvalue weighted by Gasteiger charge is 2.20. The van der Waals surface area contributed by atoms with Crippen molar-refractivity contribution in [3.05, 3.63) is 120 Å². The topological polar surface area (TPSA) is 56.5 Å². The molecule has 5 nitrogen and oxygen atoms in total. The van der Waals surface area contributed by atoms with Crippen molar-refractivity contribution in [3.63, 3.8) is 0 Å². The molecule has 0 radical (unpaired) electrons. The quantitative estimate of drug-likeness (QED) is 0.301. The molecule has 0 aliphatic heterocycles. The first-order valence-corrected chi connectivity index (χ1v) is 11.4. The lowest BCUT2D eigenvalue weighted by Crippen LogP contribution is -2.07. The summed E-state index contributed by atoms with van der Waals surface area (Å²) in [5.74, 6) is 0.0952. The van der Waals surface area contributed by atoms with Crippen LogP contribution < -0.4 is 4.74 Å². The van der Waals surface area contributed by atoms with Crippen molar-refractivity contribution in [2.75, 3.05) is 0 Å². The number of carbonyl (C=O) groups excluding carboxylic acids is 1. The highest BCUT2D eigenvalue weighted by atomic mass is 16.5. The van der Waals surface area contributed by atoms with Crippen molar-refractivity contribution in [2.45, 2.75) is 26.2 Å². The summed E-state index contributed by atoms with van der Waals surface area (Å²) in [6.45, 7) is 1.42. The van der Waals surface area contributed by atoms with Crippen molar-refractivity contribution in [1.29, 1.82) is 0 Å². The van der Waals surface area contributed by atoms with Gasteiger partial charge < -0.3 is 4.74 Å². The van der Waals surface area contributed by atoms with Crippen molar-refractivity contribution < 1.29 is 9.53 Å². The molecule has 5 rings (SSSR count). The Labute approximate surface area is 198 Å². The normalized spacial score (nSPS) is 11.0. The van der Waals surface area contributed by atoms with Gasteiger partial charge in [-0.15, -0.1) is 0 Å². The minimum atomic E-state index is -0.370. The number of ether oxygens (including phenoxy) is 1. The van der Waals surface area contributed by atoms with E-state index in [1.807, 2.05) is 77.3 Å². The van der Waals surface area contributed by atoms with E-state index in [-0.39, 0.29) is 5.97 Å². The average Bonchev–Trinajstić information content (AvgIpc) is 3.21. The molecule has 0 saturated carbocycles. The van der Waals surface area contributed by atoms with Crippen molar-refractivity contribution >= 4 is 11.6 Å². The summed E-state index contributed by atoms with van der Waals surface area (Å²) < 4.78 is 7.60. The first kappa shape index (κ1) is 21.6. The number of esters is 1. The van der Waals surface area contributed by atoms with Crippen LogP contribution in [0.1, 0.15) is 29.4 Å². The maximum Gasteiger partial charge on any atom is 0.309 e. The van der Waals surface area contributed by atoms with E-state index < -0.39 is 0 Å². The summed E-state index contributed by atoms with van der Waals surface area (Å²) in [4.78, 5) is 22.0. The molecule has 34 heavy (non-hydrogen) atoms. The molecule has 0 aliphatic rings. The minimum absolute atomic E-state index is 0.370. The SMILES string of the molecule is CC(=O)Oc1c(CCc2ccccc2)nc2c(Cc3ccccc3)nc(-c3ccccc3)cn12. The Morgan fingerprint density at radius 1 is 0.765 bits per heavy atom. The first-order valence-electron chi connectivity index (χ1n) is 11.4. The third kappa shape index (κ3) is 4.74. The number of imidazole rings is 1. The average molecular weight is 448 g/mol. The van der Waals surface area contributed by atoms with E-state index in [0.717, 1.165) is 34.6 Å². The zero-order valence-electron chi connectivity index (χ0n) is 19.0. The van der Waals surface area contributed by atoms with E-state index in [1.165, 1.54) is 12.5 Å². The summed E-state index contributed by atoms with van der Waals surface area (Å²) in [6, 6.07) is 30.5. The minimum Gasteiger partial charge on any atom is -0.407 e. The smallest absolute Gasteiger partial charge is 0.309 e. The zero-order valence-corrected chi connectivity index (χ0v) is 19.0. The van der Waals surface area contributed by atoms with Crippen molar-refractivity contribution in [3.8, 4) is 17.1 Å². The molecule has 0 bridgehead atoms. The summed E-state index contributed by atoms with van der Waals surface area (Å²) in [5.41, 5.74) is 6.45. The van der Waals surface area contributed by atoms with Gasteiger partial charge in [-0.3, -0.25) is 9.20 Å². The molecular weight excluding hydrogens is 422 g/mol. The molecular formula is C29H25N3O2. The maximum absolute atomic E-state index is 12.0. The predicted molar refractivity (Wildman–Crippen MR) is 133 cm³/mol. The highest BCUT2D eigenvalue weighted by molar-refractivity contribution is 5.70. The number of hydrogen-bond acceptors (Lipinski definition) is 4. The van der Waals surface area contributed by atoms with Crippen LogP contribution in [0.15, 0.2) is 97.2 Å². The molecule has 0 amide bonds. The van der Waals surface area contributed by atoms with Crippen LogP contribution in [0.2, 0.25) is 0 Å². The Kier molecular flexibility index (Phi) is 6.17. The molecule has 0 aliphatic carbocycles. The monoisotopic (exact) mass is 447 g/mol. The summed E-state index contributed by atoms with van der Waals surface area (Å²) in [5, 5.41) is 0. The van der Waals surface area contributed by atoms with Gasteiger partial charge in [-0.2, -0.15) is 0 Å². The van der Waals surface area contributed by atoms with Gasteiger partial charge in [0.25, 0.3) is 0 Å². The molecule has 3 aromatic carbocycles. The number of aryl methyl sites for hydroxylation is 2. The van der Waals surface area contributed by atoms with Gasteiger partial charge in [0.1, 0.15) is 5.69 Å². The third-order valence-electron chi connectivity index (χ3n) is 5.72.